The SMILES string of the molecule is CCCCOc1ccc(C(=O)NCc2nc(-c3ccc(OC)cc3)n[nH]2)cc1. The van der Waals surface area contributed by atoms with Crippen molar-refractivity contribution in [2.75, 3.05) is 13.7 Å². The number of amides is 1. The van der Waals surface area contributed by atoms with E-state index in [1.807, 2.05) is 24.3 Å². The predicted octanol–water partition coefficient (Wildman–Crippen LogP) is 3.59. The van der Waals surface area contributed by atoms with E-state index in [9.17, 15) is 4.79 Å². The minimum Gasteiger partial charge on any atom is -0.497 e. The van der Waals surface area contributed by atoms with Crippen molar-refractivity contribution >= 4 is 5.91 Å². The van der Waals surface area contributed by atoms with Crippen LogP contribution in [0.25, 0.3) is 11.4 Å². The number of methoxy groups -OCH3 is 1. The molecule has 28 heavy (non-hydrogen) atoms. The van der Waals surface area contributed by atoms with Crippen LogP contribution in [-0.2, 0) is 6.54 Å². The molecular weight excluding hydrogens is 356 g/mol. The lowest BCUT2D eigenvalue weighted by Crippen LogP contribution is -2.23. The average molecular weight is 380 g/mol. The van der Waals surface area contributed by atoms with Gasteiger partial charge in [0.15, 0.2) is 5.82 Å². The molecule has 0 unspecified atom stereocenters. The van der Waals surface area contributed by atoms with E-state index in [1.54, 1.807) is 31.4 Å². The normalized spacial score (nSPS) is 10.5. The smallest absolute Gasteiger partial charge is 0.251 e. The summed E-state index contributed by atoms with van der Waals surface area (Å²) in [5, 5.41) is 9.88. The number of carbonyl (C=O) groups is 1. The van der Waals surface area contributed by atoms with Crippen LogP contribution in [0.4, 0.5) is 0 Å². The number of aromatic amines is 1. The number of benzene rings is 2. The molecule has 3 aromatic rings. The van der Waals surface area contributed by atoms with E-state index < -0.39 is 0 Å². The Morgan fingerprint density at radius 1 is 1.07 bits per heavy atom. The summed E-state index contributed by atoms with van der Waals surface area (Å²) in [4.78, 5) is 16.7. The maximum Gasteiger partial charge on any atom is 0.251 e. The molecular formula is C21H24N4O3. The molecule has 2 aromatic carbocycles. The molecule has 0 fully saturated rings. The second-order valence-corrected chi connectivity index (χ2v) is 6.24. The van der Waals surface area contributed by atoms with E-state index in [-0.39, 0.29) is 12.5 Å². The molecule has 1 aromatic heterocycles. The van der Waals surface area contributed by atoms with Gasteiger partial charge in [0, 0.05) is 11.1 Å². The number of hydrogen-bond donors (Lipinski definition) is 2. The van der Waals surface area contributed by atoms with Crippen LogP contribution >= 0.6 is 0 Å². The summed E-state index contributed by atoms with van der Waals surface area (Å²) in [6.45, 7) is 3.06. The average Bonchev–Trinajstić information content (AvgIpc) is 3.22. The van der Waals surface area contributed by atoms with Crippen LogP contribution < -0.4 is 14.8 Å². The lowest BCUT2D eigenvalue weighted by Gasteiger charge is -2.07. The first-order chi connectivity index (χ1) is 13.7. The van der Waals surface area contributed by atoms with Crippen LogP contribution in [0.3, 0.4) is 0 Å². The highest BCUT2D eigenvalue weighted by Gasteiger charge is 2.09. The Morgan fingerprint density at radius 2 is 1.79 bits per heavy atom. The van der Waals surface area contributed by atoms with Crippen LogP contribution in [-0.4, -0.2) is 34.8 Å². The van der Waals surface area contributed by atoms with Gasteiger partial charge in [-0.15, -0.1) is 0 Å². The first-order valence-corrected chi connectivity index (χ1v) is 9.26. The Labute approximate surface area is 164 Å². The van der Waals surface area contributed by atoms with Gasteiger partial charge in [0.1, 0.15) is 17.3 Å². The van der Waals surface area contributed by atoms with Crippen LogP contribution in [0, 0.1) is 0 Å². The van der Waals surface area contributed by atoms with Crippen molar-refractivity contribution < 1.29 is 14.3 Å². The number of unbranched alkanes of at least 4 members (excludes halogenated alkanes) is 1. The highest BCUT2D eigenvalue weighted by atomic mass is 16.5. The van der Waals surface area contributed by atoms with Crippen molar-refractivity contribution in [2.24, 2.45) is 0 Å². The third kappa shape index (κ3) is 5.09. The summed E-state index contributed by atoms with van der Waals surface area (Å²) in [5.41, 5.74) is 1.44. The molecule has 0 bridgehead atoms. The Morgan fingerprint density at radius 3 is 2.46 bits per heavy atom. The van der Waals surface area contributed by atoms with Gasteiger partial charge in [-0.05, 0) is 55.0 Å². The zero-order valence-electron chi connectivity index (χ0n) is 16.1. The molecule has 0 spiro atoms. The summed E-state index contributed by atoms with van der Waals surface area (Å²) in [5.74, 6) is 2.51. The van der Waals surface area contributed by atoms with E-state index in [0.717, 1.165) is 29.9 Å². The fraction of sp³-hybridized carbons (Fsp3) is 0.286. The number of nitrogens with zero attached hydrogens (tertiary/aromatic N) is 2. The zero-order valence-corrected chi connectivity index (χ0v) is 16.1. The lowest BCUT2D eigenvalue weighted by atomic mass is 10.2. The second-order valence-electron chi connectivity index (χ2n) is 6.24. The van der Waals surface area contributed by atoms with Gasteiger partial charge in [-0.2, -0.15) is 5.10 Å². The maximum atomic E-state index is 12.3. The molecule has 0 saturated carbocycles. The molecule has 0 radical (unpaired) electrons. The highest BCUT2D eigenvalue weighted by molar-refractivity contribution is 5.94. The Kier molecular flexibility index (Phi) is 6.62. The molecule has 3 rings (SSSR count). The molecule has 146 valence electrons. The highest BCUT2D eigenvalue weighted by Crippen LogP contribution is 2.19. The zero-order chi connectivity index (χ0) is 19.8. The Balaban J connectivity index is 1.53. The summed E-state index contributed by atoms with van der Waals surface area (Å²) in [6, 6.07) is 14.6. The second kappa shape index (κ2) is 9.55. The third-order valence-corrected chi connectivity index (χ3v) is 4.18. The van der Waals surface area contributed by atoms with Gasteiger partial charge in [0.25, 0.3) is 5.91 Å². The first-order valence-electron chi connectivity index (χ1n) is 9.26. The van der Waals surface area contributed by atoms with Gasteiger partial charge < -0.3 is 14.8 Å². The van der Waals surface area contributed by atoms with Crippen LogP contribution in [0.1, 0.15) is 35.9 Å². The number of aromatic nitrogens is 3. The van der Waals surface area contributed by atoms with E-state index in [1.165, 1.54) is 0 Å². The largest absolute Gasteiger partial charge is 0.497 e. The van der Waals surface area contributed by atoms with E-state index >= 15 is 0 Å². The molecule has 7 nitrogen and oxygen atoms in total. The van der Waals surface area contributed by atoms with E-state index in [0.29, 0.717) is 23.8 Å². The summed E-state index contributed by atoms with van der Waals surface area (Å²) in [7, 11) is 1.62. The monoisotopic (exact) mass is 380 g/mol. The fourth-order valence-corrected chi connectivity index (χ4v) is 2.55. The molecule has 0 aliphatic rings. The van der Waals surface area contributed by atoms with Crippen molar-refractivity contribution in [1.82, 2.24) is 20.5 Å². The summed E-state index contributed by atoms with van der Waals surface area (Å²) < 4.78 is 10.8. The van der Waals surface area contributed by atoms with Gasteiger partial charge in [0.2, 0.25) is 0 Å². The number of rotatable bonds is 9. The molecule has 0 saturated heterocycles. The predicted molar refractivity (Wildman–Crippen MR) is 106 cm³/mol. The van der Waals surface area contributed by atoms with E-state index in [2.05, 4.69) is 27.4 Å². The third-order valence-electron chi connectivity index (χ3n) is 4.18. The van der Waals surface area contributed by atoms with Crippen molar-refractivity contribution in [1.29, 1.82) is 0 Å². The van der Waals surface area contributed by atoms with Gasteiger partial charge in [0.05, 0.1) is 20.3 Å². The Bertz CT molecular complexity index is 889. The first kappa shape index (κ1) is 19.4. The van der Waals surface area contributed by atoms with Crippen molar-refractivity contribution in [3.8, 4) is 22.9 Å². The summed E-state index contributed by atoms with van der Waals surface area (Å²) >= 11 is 0. The number of carbonyl (C=O) groups excluding carboxylic acids is 1. The summed E-state index contributed by atoms with van der Waals surface area (Å²) in [6.07, 6.45) is 2.10. The minimum atomic E-state index is -0.178. The van der Waals surface area contributed by atoms with Crippen molar-refractivity contribution in [3.05, 3.63) is 59.9 Å². The number of H-pyrrole nitrogens is 1. The molecule has 2 N–H and O–H groups in total. The topological polar surface area (TPSA) is 89.1 Å². The fourth-order valence-electron chi connectivity index (χ4n) is 2.55. The van der Waals surface area contributed by atoms with Crippen LogP contribution in [0.2, 0.25) is 0 Å². The molecule has 0 aliphatic carbocycles. The minimum absolute atomic E-state index is 0.178. The van der Waals surface area contributed by atoms with Gasteiger partial charge in [-0.3, -0.25) is 9.89 Å². The number of nitrogens with one attached hydrogen (secondary N) is 2. The van der Waals surface area contributed by atoms with Crippen molar-refractivity contribution in [2.45, 2.75) is 26.3 Å². The van der Waals surface area contributed by atoms with Crippen molar-refractivity contribution in [3.63, 3.8) is 0 Å². The molecule has 1 heterocycles. The molecule has 1 amide bonds. The van der Waals surface area contributed by atoms with Gasteiger partial charge >= 0.3 is 0 Å². The number of hydrogen-bond acceptors (Lipinski definition) is 5. The standard InChI is InChI=1S/C21H24N4O3/c1-3-4-13-28-18-11-7-16(8-12-18)21(26)22-14-19-23-20(25-24-19)15-5-9-17(27-2)10-6-15/h5-12H,3-4,13-14H2,1-2H3,(H,22,26)(H,23,24,25). The number of ether oxygens (including phenoxy) is 2. The Hall–Kier alpha value is -3.35. The molecule has 0 aliphatic heterocycles. The molecule has 0 atom stereocenters. The van der Waals surface area contributed by atoms with Crippen LogP contribution in [0.5, 0.6) is 11.5 Å². The maximum absolute atomic E-state index is 12.3. The van der Waals surface area contributed by atoms with Crippen LogP contribution in [0.15, 0.2) is 48.5 Å². The lowest BCUT2D eigenvalue weighted by molar-refractivity contribution is 0.0950. The van der Waals surface area contributed by atoms with Gasteiger partial charge in [-0.25, -0.2) is 4.98 Å². The quantitative estimate of drug-likeness (QED) is 0.554. The molecule has 7 heteroatoms. The van der Waals surface area contributed by atoms with E-state index in [4.69, 9.17) is 9.47 Å². The van der Waals surface area contributed by atoms with Gasteiger partial charge in [-0.1, -0.05) is 13.3 Å².